The van der Waals surface area contributed by atoms with E-state index in [1.807, 2.05) is 0 Å². The Morgan fingerprint density at radius 3 is 2.80 bits per heavy atom. The first kappa shape index (κ1) is 14.5. The molecule has 1 heterocycles. The molecule has 1 aliphatic rings. The van der Waals surface area contributed by atoms with Crippen LogP contribution in [0.25, 0.3) is 0 Å². The summed E-state index contributed by atoms with van der Waals surface area (Å²) in [5, 5.41) is 10.6. The highest BCUT2D eigenvalue weighted by molar-refractivity contribution is 5.91. The van der Waals surface area contributed by atoms with Crippen molar-refractivity contribution in [2.75, 3.05) is 13.6 Å². The first-order valence-corrected chi connectivity index (χ1v) is 6.76. The van der Waals surface area contributed by atoms with E-state index >= 15 is 0 Å². The van der Waals surface area contributed by atoms with Gasteiger partial charge in [-0.1, -0.05) is 12.8 Å². The van der Waals surface area contributed by atoms with Crippen LogP contribution in [-0.4, -0.2) is 35.4 Å². The van der Waals surface area contributed by atoms with Crippen LogP contribution in [0, 0.1) is 16.0 Å². The molecule has 0 spiro atoms. The molecule has 1 amide bonds. The second-order valence-electron chi connectivity index (χ2n) is 5.16. The molecule has 110 valence electrons. The second-order valence-corrected chi connectivity index (χ2v) is 5.16. The van der Waals surface area contributed by atoms with Crippen LogP contribution >= 0.6 is 0 Å². The van der Waals surface area contributed by atoms with Crippen molar-refractivity contribution in [3.63, 3.8) is 0 Å². The lowest BCUT2D eigenvalue weighted by atomic mass is 9.83. The molecule has 7 nitrogen and oxygen atoms in total. The Hall–Kier alpha value is -1.89. The summed E-state index contributed by atoms with van der Waals surface area (Å²) >= 11 is 0. The molecule has 20 heavy (non-hydrogen) atoms. The Morgan fingerprint density at radius 1 is 1.50 bits per heavy atom. The van der Waals surface area contributed by atoms with Crippen LogP contribution in [-0.2, 0) is 0 Å². The van der Waals surface area contributed by atoms with Crippen molar-refractivity contribution in [1.29, 1.82) is 0 Å². The molecule has 1 fully saturated rings. The normalized spacial score (nSPS) is 22.5. The van der Waals surface area contributed by atoms with Crippen LogP contribution in [0.15, 0.2) is 16.5 Å². The van der Waals surface area contributed by atoms with Crippen molar-refractivity contribution in [2.24, 2.45) is 11.7 Å². The first-order valence-electron chi connectivity index (χ1n) is 6.76. The van der Waals surface area contributed by atoms with Gasteiger partial charge in [0.15, 0.2) is 5.76 Å². The fourth-order valence-electron chi connectivity index (χ4n) is 2.84. The van der Waals surface area contributed by atoms with Crippen molar-refractivity contribution in [3.8, 4) is 0 Å². The van der Waals surface area contributed by atoms with E-state index in [2.05, 4.69) is 0 Å². The minimum atomic E-state index is -0.653. The zero-order chi connectivity index (χ0) is 14.7. The van der Waals surface area contributed by atoms with E-state index in [0.717, 1.165) is 25.7 Å². The van der Waals surface area contributed by atoms with Crippen LogP contribution < -0.4 is 5.73 Å². The first-order chi connectivity index (χ1) is 9.54. The summed E-state index contributed by atoms with van der Waals surface area (Å²) in [5.74, 6) is -0.465. The van der Waals surface area contributed by atoms with Gasteiger partial charge in [-0.3, -0.25) is 14.9 Å². The lowest BCUT2D eigenvalue weighted by molar-refractivity contribution is -0.402. The van der Waals surface area contributed by atoms with Gasteiger partial charge in [-0.2, -0.15) is 0 Å². The summed E-state index contributed by atoms with van der Waals surface area (Å²) in [7, 11) is 1.70. The molecule has 7 heteroatoms. The summed E-state index contributed by atoms with van der Waals surface area (Å²) in [5.41, 5.74) is 5.76. The van der Waals surface area contributed by atoms with Gasteiger partial charge >= 0.3 is 5.88 Å². The van der Waals surface area contributed by atoms with Crippen molar-refractivity contribution in [1.82, 2.24) is 4.90 Å². The number of nitrogens with zero attached hydrogens (tertiary/aromatic N) is 2. The number of furan rings is 1. The number of nitrogens with two attached hydrogens (primary N) is 1. The van der Waals surface area contributed by atoms with E-state index in [0.29, 0.717) is 6.54 Å². The smallest absolute Gasteiger partial charge is 0.395 e. The van der Waals surface area contributed by atoms with Gasteiger partial charge in [0, 0.05) is 13.1 Å². The zero-order valence-corrected chi connectivity index (χ0v) is 11.4. The monoisotopic (exact) mass is 281 g/mol. The Balaban J connectivity index is 2.12. The van der Waals surface area contributed by atoms with E-state index in [1.165, 1.54) is 12.1 Å². The Morgan fingerprint density at radius 2 is 2.20 bits per heavy atom. The van der Waals surface area contributed by atoms with Gasteiger partial charge in [0.1, 0.15) is 4.92 Å². The lowest BCUT2D eigenvalue weighted by Crippen LogP contribution is -2.45. The molecule has 2 atom stereocenters. The molecule has 0 saturated heterocycles. The van der Waals surface area contributed by atoms with E-state index < -0.39 is 10.8 Å². The molecule has 1 aromatic rings. The van der Waals surface area contributed by atoms with Gasteiger partial charge < -0.3 is 15.1 Å². The topological polar surface area (TPSA) is 103 Å². The van der Waals surface area contributed by atoms with Gasteiger partial charge in [-0.25, -0.2) is 0 Å². The molecule has 1 saturated carbocycles. The number of hydrogen-bond acceptors (Lipinski definition) is 5. The average Bonchev–Trinajstić information content (AvgIpc) is 2.95. The third-order valence-corrected chi connectivity index (χ3v) is 3.97. The highest BCUT2D eigenvalue weighted by Crippen LogP contribution is 2.28. The van der Waals surface area contributed by atoms with Crippen molar-refractivity contribution in [2.45, 2.75) is 31.7 Å². The van der Waals surface area contributed by atoms with E-state index in [9.17, 15) is 14.9 Å². The van der Waals surface area contributed by atoms with Crippen LogP contribution in [0.2, 0.25) is 0 Å². The maximum absolute atomic E-state index is 12.3. The lowest BCUT2D eigenvalue weighted by Gasteiger charge is -2.37. The maximum atomic E-state index is 12.3. The molecule has 0 bridgehead atoms. The van der Waals surface area contributed by atoms with Crippen LogP contribution in [0.1, 0.15) is 36.2 Å². The standard InChI is InChI=1S/C13H19N3O4/c1-15(10-5-3-2-4-9(10)8-14)13(17)11-6-7-12(20-11)16(18)19/h6-7,9-10H,2-5,8,14H2,1H3. The molecule has 2 unspecified atom stereocenters. The number of nitro groups is 1. The van der Waals surface area contributed by atoms with Gasteiger partial charge in [0.05, 0.1) is 6.07 Å². The summed E-state index contributed by atoms with van der Waals surface area (Å²) in [6.45, 7) is 0.542. The highest BCUT2D eigenvalue weighted by Gasteiger charge is 2.32. The molecular formula is C13H19N3O4. The summed E-state index contributed by atoms with van der Waals surface area (Å²) < 4.78 is 4.97. The van der Waals surface area contributed by atoms with Crippen molar-refractivity contribution < 1.29 is 14.1 Å². The molecule has 1 aliphatic carbocycles. The summed E-state index contributed by atoms with van der Waals surface area (Å²) in [6.07, 6.45) is 4.12. The van der Waals surface area contributed by atoms with E-state index in [4.69, 9.17) is 10.2 Å². The largest absolute Gasteiger partial charge is 0.433 e. The van der Waals surface area contributed by atoms with E-state index in [-0.39, 0.29) is 23.6 Å². The predicted octanol–water partition coefficient (Wildman–Crippen LogP) is 1.78. The number of rotatable bonds is 4. The SMILES string of the molecule is CN(C(=O)c1ccc([N+](=O)[O-])o1)C1CCCCC1CN. The number of amides is 1. The molecule has 0 aromatic carbocycles. The Labute approximate surface area is 116 Å². The van der Waals surface area contributed by atoms with Gasteiger partial charge in [-0.15, -0.1) is 0 Å². The van der Waals surface area contributed by atoms with Crippen LogP contribution in [0.3, 0.4) is 0 Å². The molecule has 2 N–H and O–H groups in total. The zero-order valence-electron chi connectivity index (χ0n) is 11.4. The summed E-state index contributed by atoms with van der Waals surface area (Å²) in [4.78, 5) is 23.8. The molecule has 2 rings (SSSR count). The summed E-state index contributed by atoms with van der Waals surface area (Å²) in [6, 6.07) is 2.62. The molecule has 1 aromatic heterocycles. The highest BCUT2D eigenvalue weighted by atomic mass is 16.6. The second kappa shape index (κ2) is 6.04. The quantitative estimate of drug-likeness (QED) is 0.669. The van der Waals surface area contributed by atoms with Crippen LogP contribution in [0.5, 0.6) is 0 Å². The van der Waals surface area contributed by atoms with Gasteiger partial charge in [-0.05, 0) is 31.4 Å². The predicted molar refractivity (Wildman–Crippen MR) is 72.3 cm³/mol. The van der Waals surface area contributed by atoms with Crippen LogP contribution in [0.4, 0.5) is 5.88 Å². The van der Waals surface area contributed by atoms with Gasteiger partial charge in [0.25, 0.3) is 5.91 Å². The molecular weight excluding hydrogens is 262 g/mol. The average molecular weight is 281 g/mol. The third-order valence-electron chi connectivity index (χ3n) is 3.97. The van der Waals surface area contributed by atoms with Crippen molar-refractivity contribution >= 4 is 11.8 Å². The number of carbonyl (C=O) groups excluding carboxylic acids is 1. The minimum Gasteiger partial charge on any atom is -0.395 e. The minimum absolute atomic E-state index is 0.000505. The van der Waals surface area contributed by atoms with E-state index in [1.54, 1.807) is 11.9 Å². The maximum Gasteiger partial charge on any atom is 0.433 e. The van der Waals surface area contributed by atoms with Gasteiger partial charge in [0.2, 0.25) is 0 Å². The Kier molecular flexibility index (Phi) is 4.39. The molecule has 0 aliphatic heterocycles. The number of hydrogen-bond donors (Lipinski definition) is 1. The fraction of sp³-hybridized carbons (Fsp3) is 0.615. The van der Waals surface area contributed by atoms with Crippen molar-refractivity contribution in [3.05, 3.63) is 28.0 Å². The number of carbonyl (C=O) groups is 1. The molecule has 0 radical (unpaired) electrons. The Bertz CT molecular complexity index is 500. The fourth-order valence-corrected chi connectivity index (χ4v) is 2.84. The third kappa shape index (κ3) is 2.82.